The van der Waals surface area contributed by atoms with Gasteiger partial charge in [-0.1, -0.05) is 23.7 Å². The zero-order valence-electron chi connectivity index (χ0n) is 14.2. The summed E-state index contributed by atoms with van der Waals surface area (Å²) < 4.78 is 39.4. The van der Waals surface area contributed by atoms with Gasteiger partial charge in [0.1, 0.15) is 6.29 Å². The minimum atomic E-state index is -4.51. The highest BCUT2D eigenvalue weighted by Crippen LogP contribution is 2.38. The molecular formula is C19H19ClF3NO. The maximum atomic E-state index is 13.1. The SMILES string of the molecule is CCN(c1ccc(Cl)c(C(F)(F)F)c1)C(C)c1ccc(C)c(C=O)c1. The molecule has 2 aromatic rings. The van der Waals surface area contributed by atoms with Crippen LogP contribution in [-0.4, -0.2) is 12.8 Å². The molecule has 0 heterocycles. The van der Waals surface area contributed by atoms with Crippen molar-refractivity contribution in [2.45, 2.75) is 33.0 Å². The molecule has 0 aromatic heterocycles. The molecule has 0 radical (unpaired) electrons. The summed E-state index contributed by atoms with van der Waals surface area (Å²) in [5.74, 6) is 0. The molecule has 6 heteroatoms. The summed E-state index contributed by atoms with van der Waals surface area (Å²) in [5, 5.41) is -0.321. The number of aryl methyl sites for hydroxylation is 1. The van der Waals surface area contributed by atoms with Crippen molar-refractivity contribution in [3.05, 3.63) is 63.7 Å². The molecule has 2 aromatic carbocycles. The minimum absolute atomic E-state index is 0.202. The van der Waals surface area contributed by atoms with Crippen molar-refractivity contribution in [1.82, 2.24) is 0 Å². The van der Waals surface area contributed by atoms with Crippen LogP contribution in [-0.2, 0) is 6.18 Å². The highest BCUT2D eigenvalue weighted by Gasteiger charge is 2.34. The van der Waals surface area contributed by atoms with Crippen molar-refractivity contribution >= 4 is 23.6 Å². The highest BCUT2D eigenvalue weighted by atomic mass is 35.5. The first-order chi connectivity index (χ1) is 11.7. The van der Waals surface area contributed by atoms with Gasteiger partial charge in [-0.15, -0.1) is 0 Å². The first-order valence-corrected chi connectivity index (χ1v) is 8.26. The Morgan fingerprint density at radius 1 is 1.20 bits per heavy atom. The van der Waals surface area contributed by atoms with Crippen LogP contribution in [0.4, 0.5) is 18.9 Å². The van der Waals surface area contributed by atoms with Gasteiger partial charge in [0.05, 0.1) is 16.6 Å². The Morgan fingerprint density at radius 2 is 1.88 bits per heavy atom. The summed E-state index contributed by atoms with van der Waals surface area (Å²) in [5.41, 5.74) is 1.88. The standard InChI is InChI=1S/C19H19ClF3NO/c1-4-24(13(3)14-6-5-12(2)15(9-14)11-25)16-7-8-18(20)17(10-16)19(21,22)23/h5-11,13H,4H2,1-3H3. The van der Waals surface area contributed by atoms with Gasteiger partial charge in [-0.2, -0.15) is 13.2 Å². The maximum Gasteiger partial charge on any atom is 0.417 e. The number of nitrogens with zero attached hydrogens (tertiary/aromatic N) is 1. The van der Waals surface area contributed by atoms with Gasteiger partial charge < -0.3 is 4.90 Å². The van der Waals surface area contributed by atoms with Gasteiger partial charge >= 0.3 is 6.18 Å². The smallest absolute Gasteiger partial charge is 0.365 e. The van der Waals surface area contributed by atoms with Crippen LogP contribution >= 0.6 is 11.6 Å². The molecule has 0 fully saturated rings. The molecule has 0 amide bonds. The van der Waals surface area contributed by atoms with E-state index in [-0.39, 0.29) is 11.1 Å². The van der Waals surface area contributed by atoms with Gasteiger partial charge in [0.25, 0.3) is 0 Å². The normalized spacial score (nSPS) is 12.8. The molecular weight excluding hydrogens is 351 g/mol. The summed E-state index contributed by atoms with van der Waals surface area (Å²) in [6.45, 7) is 6.10. The summed E-state index contributed by atoms with van der Waals surface area (Å²) in [6, 6.07) is 9.20. The van der Waals surface area contributed by atoms with E-state index >= 15 is 0 Å². The predicted octanol–water partition coefficient (Wildman–Crippen LogP) is 6.07. The van der Waals surface area contributed by atoms with Crippen molar-refractivity contribution < 1.29 is 18.0 Å². The largest absolute Gasteiger partial charge is 0.417 e. The lowest BCUT2D eigenvalue weighted by atomic mass is 10.00. The van der Waals surface area contributed by atoms with Gasteiger partial charge in [-0.3, -0.25) is 4.79 Å². The number of halogens is 4. The van der Waals surface area contributed by atoms with Crippen LogP contribution in [0.1, 0.15) is 46.9 Å². The minimum Gasteiger partial charge on any atom is -0.365 e. The molecule has 0 saturated heterocycles. The molecule has 0 aliphatic heterocycles. The van der Waals surface area contributed by atoms with Crippen LogP contribution in [0, 0.1) is 6.92 Å². The molecule has 0 saturated carbocycles. The summed E-state index contributed by atoms with van der Waals surface area (Å²) >= 11 is 5.70. The Morgan fingerprint density at radius 3 is 2.44 bits per heavy atom. The van der Waals surface area contributed by atoms with Gasteiger partial charge in [0.15, 0.2) is 0 Å². The van der Waals surface area contributed by atoms with Crippen molar-refractivity contribution in [3.63, 3.8) is 0 Å². The molecule has 1 atom stereocenters. The van der Waals surface area contributed by atoms with E-state index < -0.39 is 11.7 Å². The highest BCUT2D eigenvalue weighted by molar-refractivity contribution is 6.31. The number of aldehydes is 1. The second-order valence-corrected chi connectivity index (χ2v) is 6.26. The fourth-order valence-corrected chi connectivity index (χ4v) is 3.04. The lowest BCUT2D eigenvalue weighted by molar-refractivity contribution is -0.137. The molecule has 2 nitrogen and oxygen atoms in total. The number of alkyl halides is 3. The van der Waals surface area contributed by atoms with Gasteiger partial charge in [-0.25, -0.2) is 0 Å². The molecule has 25 heavy (non-hydrogen) atoms. The first kappa shape index (κ1) is 19.3. The van der Waals surface area contributed by atoms with E-state index in [0.717, 1.165) is 23.5 Å². The monoisotopic (exact) mass is 369 g/mol. The van der Waals surface area contributed by atoms with E-state index in [1.165, 1.54) is 6.07 Å². The van der Waals surface area contributed by atoms with Crippen LogP contribution in [0.5, 0.6) is 0 Å². The molecule has 0 bridgehead atoms. The van der Waals surface area contributed by atoms with Crippen LogP contribution in [0.15, 0.2) is 36.4 Å². The molecule has 0 aliphatic carbocycles. The van der Waals surface area contributed by atoms with E-state index in [1.54, 1.807) is 12.1 Å². The predicted molar refractivity (Wildman–Crippen MR) is 94.5 cm³/mol. The van der Waals surface area contributed by atoms with Crippen molar-refractivity contribution in [2.75, 3.05) is 11.4 Å². The fraction of sp³-hybridized carbons (Fsp3) is 0.316. The third-order valence-corrected chi connectivity index (χ3v) is 4.64. The van der Waals surface area contributed by atoms with E-state index in [4.69, 9.17) is 11.6 Å². The van der Waals surface area contributed by atoms with Crippen molar-refractivity contribution in [2.24, 2.45) is 0 Å². The number of anilines is 1. The summed E-state index contributed by atoms with van der Waals surface area (Å²) in [4.78, 5) is 13.0. The van der Waals surface area contributed by atoms with Crippen molar-refractivity contribution in [3.8, 4) is 0 Å². The van der Waals surface area contributed by atoms with Crippen LogP contribution in [0.3, 0.4) is 0 Å². The Bertz CT molecular complexity index is 774. The van der Waals surface area contributed by atoms with Gasteiger partial charge in [0.2, 0.25) is 0 Å². The number of hydrogen-bond donors (Lipinski definition) is 0. The Labute approximate surface area is 150 Å². The van der Waals surface area contributed by atoms with E-state index in [2.05, 4.69) is 0 Å². The van der Waals surface area contributed by atoms with Crippen LogP contribution < -0.4 is 4.90 Å². The number of hydrogen-bond acceptors (Lipinski definition) is 2. The molecule has 134 valence electrons. The average Bonchev–Trinajstić information content (AvgIpc) is 2.56. The average molecular weight is 370 g/mol. The Balaban J connectivity index is 2.44. The maximum absolute atomic E-state index is 13.1. The number of carbonyl (C=O) groups excluding carboxylic acids is 1. The zero-order chi connectivity index (χ0) is 18.8. The topological polar surface area (TPSA) is 20.3 Å². The van der Waals surface area contributed by atoms with Crippen molar-refractivity contribution in [1.29, 1.82) is 0 Å². The molecule has 0 N–H and O–H groups in total. The fourth-order valence-electron chi connectivity index (χ4n) is 2.81. The van der Waals surface area contributed by atoms with Gasteiger partial charge in [0, 0.05) is 17.8 Å². The van der Waals surface area contributed by atoms with Gasteiger partial charge in [-0.05, 0) is 56.2 Å². The van der Waals surface area contributed by atoms with E-state index in [1.807, 2.05) is 37.8 Å². The molecule has 0 spiro atoms. The Hall–Kier alpha value is -2.01. The summed E-state index contributed by atoms with van der Waals surface area (Å²) in [6.07, 6.45) is -3.73. The number of carbonyl (C=O) groups is 1. The Kier molecular flexibility index (Phi) is 5.78. The lowest BCUT2D eigenvalue weighted by Crippen LogP contribution is -2.27. The summed E-state index contributed by atoms with van der Waals surface area (Å²) in [7, 11) is 0. The third kappa shape index (κ3) is 4.15. The molecule has 2 rings (SSSR count). The molecule has 0 aliphatic rings. The van der Waals surface area contributed by atoms with E-state index in [9.17, 15) is 18.0 Å². The second kappa shape index (κ2) is 7.48. The third-order valence-electron chi connectivity index (χ3n) is 4.31. The second-order valence-electron chi connectivity index (χ2n) is 5.86. The van der Waals surface area contributed by atoms with Crippen LogP contribution in [0.2, 0.25) is 5.02 Å². The quantitative estimate of drug-likeness (QED) is 0.596. The lowest BCUT2D eigenvalue weighted by Gasteiger charge is -2.31. The molecule has 1 unspecified atom stereocenters. The number of rotatable bonds is 5. The van der Waals surface area contributed by atoms with E-state index in [0.29, 0.717) is 17.8 Å². The zero-order valence-corrected chi connectivity index (χ0v) is 14.9. The number of benzene rings is 2. The van der Waals surface area contributed by atoms with Crippen LogP contribution in [0.25, 0.3) is 0 Å². The first-order valence-electron chi connectivity index (χ1n) is 7.88.